The SMILES string of the molecule is CS[C@@H](C(=O)c1ccc2ccccc2c1)C(=O)N(Cc1ccccc1)C(C)=O. The van der Waals surface area contributed by atoms with Gasteiger partial charge in [0.05, 0.1) is 6.54 Å². The number of ketones is 1. The first-order valence-corrected chi connectivity index (χ1v) is 10.2. The molecule has 0 N–H and O–H groups in total. The standard InChI is InChI=1S/C23H21NO3S/c1-16(25)24(15-17-8-4-3-5-9-17)23(27)22(28-2)21(26)20-13-12-18-10-6-7-11-19(18)14-20/h3-14,22H,15H2,1-2H3/t22-/m0/s1. The lowest BCUT2D eigenvalue weighted by molar-refractivity contribution is -0.143. The summed E-state index contributed by atoms with van der Waals surface area (Å²) in [5.74, 6) is -1.15. The second-order valence-corrected chi connectivity index (χ2v) is 7.41. The van der Waals surface area contributed by atoms with Crippen molar-refractivity contribution in [3.63, 3.8) is 0 Å². The molecule has 0 saturated carbocycles. The van der Waals surface area contributed by atoms with Crippen LogP contribution in [-0.4, -0.2) is 34.0 Å². The van der Waals surface area contributed by atoms with E-state index in [4.69, 9.17) is 0 Å². The largest absolute Gasteiger partial charge is 0.292 e. The molecule has 0 bridgehead atoms. The van der Waals surface area contributed by atoms with E-state index < -0.39 is 11.2 Å². The van der Waals surface area contributed by atoms with Crippen molar-refractivity contribution in [2.45, 2.75) is 18.7 Å². The van der Waals surface area contributed by atoms with Gasteiger partial charge in [-0.05, 0) is 28.7 Å². The lowest BCUT2D eigenvalue weighted by atomic mass is 10.0. The Labute approximate surface area is 168 Å². The van der Waals surface area contributed by atoms with Gasteiger partial charge in [-0.25, -0.2) is 0 Å². The third-order valence-electron chi connectivity index (χ3n) is 4.56. The minimum atomic E-state index is -0.964. The number of rotatable bonds is 6. The monoisotopic (exact) mass is 391 g/mol. The molecule has 0 fully saturated rings. The second-order valence-electron chi connectivity index (χ2n) is 6.47. The van der Waals surface area contributed by atoms with E-state index in [1.807, 2.05) is 60.7 Å². The van der Waals surface area contributed by atoms with Gasteiger partial charge in [-0.15, -0.1) is 11.8 Å². The van der Waals surface area contributed by atoms with Gasteiger partial charge < -0.3 is 0 Å². The van der Waals surface area contributed by atoms with Crippen molar-refractivity contribution in [1.82, 2.24) is 4.90 Å². The molecule has 3 aromatic rings. The molecule has 4 nitrogen and oxygen atoms in total. The van der Waals surface area contributed by atoms with Gasteiger partial charge in [0.25, 0.3) is 5.91 Å². The third-order valence-corrected chi connectivity index (χ3v) is 5.45. The molecule has 1 atom stereocenters. The number of fused-ring (bicyclic) bond motifs is 1. The van der Waals surface area contributed by atoms with Crippen molar-refractivity contribution in [3.8, 4) is 0 Å². The van der Waals surface area contributed by atoms with E-state index in [1.165, 1.54) is 6.92 Å². The molecule has 5 heteroatoms. The average Bonchev–Trinajstić information content (AvgIpc) is 2.72. The predicted octanol–water partition coefficient (Wildman–Crippen LogP) is 4.33. The van der Waals surface area contributed by atoms with Gasteiger partial charge in [0, 0.05) is 12.5 Å². The molecule has 0 radical (unpaired) electrons. The lowest BCUT2D eigenvalue weighted by Gasteiger charge is -2.23. The average molecular weight is 391 g/mol. The number of benzene rings is 3. The van der Waals surface area contributed by atoms with Crippen LogP contribution in [0.1, 0.15) is 22.8 Å². The van der Waals surface area contributed by atoms with Crippen LogP contribution in [0.3, 0.4) is 0 Å². The van der Waals surface area contributed by atoms with Gasteiger partial charge in [-0.2, -0.15) is 0 Å². The van der Waals surface area contributed by atoms with E-state index in [2.05, 4.69) is 0 Å². The normalized spacial score (nSPS) is 11.8. The van der Waals surface area contributed by atoms with Crippen LogP contribution < -0.4 is 0 Å². The zero-order chi connectivity index (χ0) is 20.1. The minimum Gasteiger partial charge on any atom is -0.292 e. The maximum atomic E-state index is 13.1. The molecular formula is C23H21NO3S. The van der Waals surface area contributed by atoms with Crippen LogP contribution in [0.25, 0.3) is 10.8 Å². The Morgan fingerprint density at radius 1 is 0.893 bits per heavy atom. The van der Waals surface area contributed by atoms with Gasteiger partial charge in [0.2, 0.25) is 5.91 Å². The second kappa shape index (κ2) is 8.85. The van der Waals surface area contributed by atoms with E-state index in [9.17, 15) is 14.4 Å². The first-order valence-electron chi connectivity index (χ1n) is 8.93. The topological polar surface area (TPSA) is 54.5 Å². The summed E-state index contributed by atoms with van der Waals surface area (Å²) in [6, 6.07) is 22.4. The van der Waals surface area contributed by atoms with E-state index >= 15 is 0 Å². The van der Waals surface area contributed by atoms with Crippen LogP contribution in [0.5, 0.6) is 0 Å². The van der Waals surface area contributed by atoms with Crippen molar-refractivity contribution in [1.29, 1.82) is 0 Å². The third kappa shape index (κ3) is 4.31. The molecule has 142 valence electrons. The van der Waals surface area contributed by atoms with Crippen LogP contribution in [0, 0.1) is 0 Å². The summed E-state index contributed by atoms with van der Waals surface area (Å²) in [6.45, 7) is 1.50. The number of nitrogens with zero attached hydrogens (tertiary/aromatic N) is 1. The number of carbonyl (C=O) groups is 3. The Bertz CT molecular complexity index is 1020. The molecule has 2 amide bonds. The van der Waals surface area contributed by atoms with Crippen molar-refractivity contribution < 1.29 is 14.4 Å². The quantitative estimate of drug-likeness (QED) is 0.464. The Balaban J connectivity index is 1.87. The lowest BCUT2D eigenvalue weighted by Crippen LogP contribution is -2.43. The van der Waals surface area contributed by atoms with Gasteiger partial charge >= 0.3 is 0 Å². The number of thioether (sulfide) groups is 1. The Hall–Kier alpha value is -2.92. The minimum absolute atomic E-state index is 0.150. The maximum absolute atomic E-state index is 13.1. The van der Waals surface area contributed by atoms with Crippen LogP contribution in [0.4, 0.5) is 0 Å². The van der Waals surface area contributed by atoms with Gasteiger partial charge in [0.1, 0.15) is 5.25 Å². The number of carbonyl (C=O) groups excluding carboxylic acids is 3. The summed E-state index contributed by atoms with van der Waals surface area (Å²) in [5.41, 5.74) is 1.30. The highest BCUT2D eigenvalue weighted by Gasteiger charge is 2.32. The van der Waals surface area contributed by atoms with Crippen LogP contribution >= 0.6 is 11.8 Å². The molecule has 3 rings (SSSR count). The zero-order valence-electron chi connectivity index (χ0n) is 15.8. The molecule has 0 spiro atoms. The molecule has 0 unspecified atom stereocenters. The first-order chi connectivity index (χ1) is 13.5. The molecule has 0 aliphatic rings. The highest BCUT2D eigenvalue weighted by molar-refractivity contribution is 8.00. The van der Waals surface area contributed by atoms with Crippen molar-refractivity contribution in [2.24, 2.45) is 0 Å². The van der Waals surface area contributed by atoms with E-state index in [0.29, 0.717) is 5.56 Å². The first kappa shape index (κ1) is 19.8. The van der Waals surface area contributed by atoms with Crippen molar-refractivity contribution in [3.05, 3.63) is 83.9 Å². The fourth-order valence-electron chi connectivity index (χ4n) is 3.07. The summed E-state index contributed by atoms with van der Waals surface area (Å²) >= 11 is 1.15. The zero-order valence-corrected chi connectivity index (χ0v) is 16.6. The highest BCUT2D eigenvalue weighted by atomic mass is 32.2. The fraction of sp³-hybridized carbons (Fsp3) is 0.174. The summed E-state index contributed by atoms with van der Waals surface area (Å²) in [7, 11) is 0. The summed E-state index contributed by atoms with van der Waals surface area (Å²) in [5, 5.41) is 1.00. The molecule has 0 aliphatic carbocycles. The molecule has 0 aliphatic heterocycles. The molecule has 0 saturated heterocycles. The van der Waals surface area contributed by atoms with E-state index in [0.717, 1.165) is 33.0 Å². The van der Waals surface area contributed by atoms with Crippen molar-refractivity contribution in [2.75, 3.05) is 6.26 Å². The number of amides is 2. The Kier molecular flexibility index (Phi) is 6.26. The molecule has 28 heavy (non-hydrogen) atoms. The molecular weight excluding hydrogens is 370 g/mol. The molecule has 0 aromatic heterocycles. The summed E-state index contributed by atoms with van der Waals surface area (Å²) < 4.78 is 0. The molecule has 3 aromatic carbocycles. The van der Waals surface area contributed by atoms with Crippen LogP contribution in [0.15, 0.2) is 72.8 Å². The smallest absolute Gasteiger partial charge is 0.250 e. The summed E-state index contributed by atoms with van der Waals surface area (Å²) in [6.07, 6.45) is 1.71. The highest BCUT2D eigenvalue weighted by Crippen LogP contribution is 2.22. The van der Waals surface area contributed by atoms with Gasteiger partial charge in [-0.3, -0.25) is 19.3 Å². The maximum Gasteiger partial charge on any atom is 0.250 e. The predicted molar refractivity (Wildman–Crippen MR) is 113 cm³/mol. The Morgan fingerprint density at radius 3 is 2.18 bits per heavy atom. The fourth-order valence-corrected chi connectivity index (χ4v) is 3.74. The van der Waals surface area contributed by atoms with Gasteiger partial charge in [0.15, 0.2) is 5.78 Å². The number of imide groups is 1. The van der Waals surface area contributed by atoms with Crippen LogP contribution in [0.2, 0.25) is 0 Å². The van der Waals surface area contributed by atoms with Crippen LogP contribution in [-0.2, 0) is 16.1 Å². The van der Waals surface area contributed by atoms with E-state index in [1.54, 1.807) is 18.4 Å². The molecule has 0 heterocycles. The Morgan fingerprint density at radius 2 is 1.54 bits per heavy atom. The van der Waals surface area contributed by atoms with Gasteiger partial charge in [-0.1, -0.05) is 66.7 Å². The summed E-state index contributed by atoms with van der Waals surface area (Å²) in [4.78, 5) is 39.4. The number of hydrogen-bond donors (Lipinski definition) is 0. The number of hydrogen-bond acceptors (Lipinski definition) is 4. The van der Waals surface area contributed by atoms with Crippen molar-refractivity contribution >= 4 is 40.1 Å². The van der Waals surface area contributed by atoms with E-state index in [-0.39, 0.29) is 18.2 Å². The number of Topliss-reactive ketones (excluding diaryl/α,β-unsaturated/α-hetero) is 1.